The second-order valence-electron chi connectivity index (χ2n) is 4.23. The van der Waals surface area contributed by atoms with Crippen LogP contribution in [-0.4, -0.2) is 19.1 Å². The van der Waals surface area contributed by atoms with Crippen LogP contribution in [0.4, 0.5) is 4.79 Å². The zero-order valence-electron chi connectivity index (χ0n) is 9.50. The Labute approximate surface area is 106 Å². The number of benzene rings is 1. The van der Waals surface area contributed by atoms with E-state index in [0.717, 1.165) is 18.4 Å². The van der Waals surface area contributed by atoms with Crippen LogP contribution in [0.5, 0.6) is 0 Å². The molecule has 1 aliphatic carbocycles. The number of hydrogen-bond acceptors (Lipinski definition) is 2. The van der Waals surface area contributed by atoms with E-state index in [9.17, 15) is 4.79 Å². The molecule has 0 aliphatic heterocycles. The minimum Gasteiger partial charge on any atom is -0.337 e. The molecule has 0 atom stereocenters. The number of urea groups is 1. The van der Waals surface area contributed by atoms with Gasteiger partial charge in [-0.3, -0.25) is 0 Å². The number of rotatable bonds is 4. The predicted molar refractivity (Wildman–Crippen MR) is 68.0 cm³/mol. The van der Waals surface area contributed by atoms with E-state index in [1.807, 2.05) is 24.3 Å². The van der Waals surface area contributed by atoms with E-state index in [4.69, 9.17) is 17.3 Å². The Kier molecular flexibility index (Phi) is 3.54. The maximum Gasteiger partial charge on any atom is 0.315 e. The summed E-state index contributed by atoms with van der Waals surface area (Å²) in [6, 6.07) is 7.43. The van der Waals surface area contributed by atoms with Gasteiger partial charge in [0, 0.05) is 18.1 Å². The number of nitrogens with two attached hydrogens (primary N) is 1. The van der Waals surface area contributed by atoms with Gasteiger partial charge in [0.1, 0.15) is 0 Å². The fourth-order valence-corrected chi connectivity index (χ4v) is 2.20. The fourth-order valence-electron chi connectivity index (χ4n) is 1.88. The highest BCUT2D eigenvalue weighted by atomic mass is 35.5. The van der Waals surface area contributed by atoms with Gasteiger partial charge < -0.3 is 16.4 Å². The van der Waals surface area contributed by atoms with E-state index in [2.05, 4.69) is 10.6 Å². The summed E-state index contributed by atoms with van der Waals surface area (Å²) < 4.78 is 0. The average molecular weight is 254 g/mol. The molecule has 4 N–H and O–H groups in total. The van der Waals surface area contributed by atoms with Crippen LogP contribution in [-0.2, 0) is 5.54 Å². The standard InChI is InChI=1S/C12H16ClN3O/c13-10-4-2-1-3-9(10)12(5-6-12)16-11(17)15-8-7-14/h1-4H,5-8,14H2,(H2,15,16,17). The van der Waals surface area contributed by atoms with Crippen molar-refractivity contribution in [1.29, 1.82) is 0 Å². The molecule has 17 heavy (non-hydrogen) atoms. The molecular formula is C12H16ClN3O. The van der Waals surface area contributed by atoms with E-state index in [-0.39, 0.29) is 11.6 Å². The Morgan fingerprint density at radius 1 is 1.41 bits per heavy atom. The summed E-state index contributed by atoms with van der Waals surface area (Å²) in [5.41, 5.74) is 6.04. The van der Waals surface area contributed by atoms with Gasteiger partial charge in [0.05, 0.1) is 5.54 Å². The van der Waals surface area contributed by atoms with Crippen molar-refractivity contribution in [2.75, 3.05) is 13.1 Å². The van der Waals surface area contributed by atoms with Gasteiger partial charge in [-0.1, -0.05) is 29.8 Å². The van der Waals surface area contributed by atoms with Crippen molar-refractivity contribution < 1.29 is 4.79 Å². The minimum atomic E-state index is -0.281. The number of halogens is 1. The number of amides is 2. The Bertz CT molecular complexity index is 418. The molecule has 0 unspecified atom stereocenters. The molecule has 2 rings (SSSR count). The minimum absolute atomic E-state index is 0.187. The Morgan fingerprint density at radius 2 is 2.12 bits per heavy atom. The van der Waals surface area contributed by atoms with E-state index in [0.29, 0.717) is 18.1 Å². The van der Waals surface area contributed by atoms with Crippen molar-refractivity contribution in [3.8, 4) is 0 Å². The normalized spacial score (nSPS) is 16.4. The second kappa shape index (κ2) is 4.94. The molecule has 1 aliphatic rings. The van der Waals surface area contributed by atoms with Crippen molar-refractivity contribution in [1.82, 2.24) is 10.6 Å². The van der Waals surface area contributed by atoms with E-state index in [1.54, 1.807) is 0 Å². The number of nitrogens with one attached hydrogen (secondary N) is 2. The third kappa shape index (κ3) is 2.70. The molecule has 0 heterocycles. The second-order valence-corrected chi connectivity index (χ2v) is 4.64. The largest absolute Gasteiger partial charge is 0.337 e. The molecule has 2 amide bonds. The highest BCUT2D eigenvalue weighted by Gasteiger charge is 2.46. The predicted octanol–water partition coefficient (Wildman–Crippen LogP) is 1.59. The van der Waals surface area contributed by atoms with Crippen LogP contribution in [0.15, 0.2) is 24.3 Å². The first-order valence-electron chi connectivity index (χ1n) is 5.69. The zero-order chi connectivity index (χ0) is 12.3. The summed E-state index contributed by atoms with van der Waals surface area (Å²) >= 11 is 6.14. The number of hydrogen-bond donors (Lipinski definition) is 3. The lowest BCUT2D eigenvalue weighted by Gasteiger charge is -2.19. The smallest absolute Gasteiger partial charge is 0.315 e. The Balaban J connectivity index is 2.05. The lowest BCUT2D eigenvalue weighted by molar-refractivity contribution is 0.236. The molecule has 4 nitrogen and oxygen atoms in total. The third-order valence-electron chi connectivity index (χ3n) is 2.92. The van der Waals surface area contributed by atoms with Gasteiger partial charge in [-0.2, -0.15) is 0 Å². The third-order valence-corrected chi connectivity index (χ3v) is 3.25. The first kappa shape index (κ1) is 12.2. The van der Waals surface area contributed by atoms with Crippen molar-refractivity contribution in [3.63, 3.8) is 0 Å². The van der Waals surface area contributed by atoms with Crippen LogP contribution in [0.2, 0.25) is 5.02 Å². The first-order valence-corrected chi connectivity index (χ1v) is 6.07. The van der Waals surface area contributed by atoms with Gasteiger partial charge in [-0.15, -0.1) is 0 Å². The summed E-state index contributed by atoms with van der Waals surface area (Å²) in [6.07, 6.45) is 1.85. The van der Waals surface area contributed by atoms with Crippen molar-refractivity contribution in [2.24, 2.45) is 5.73 Å². The molecule has 5 heteroatoms. The van der Waals surface area contributed by atoms with E-state index in [1.165, 1.54) is 0 Å². The maximum absolute atomic E-state index is 11.6. The lowest BCUT2D eigenvalue weighted by atomic mass is 10.1. The molecule has 0 aromatic heterocycles. The molecule has 0 spiro atoms. The van der Waals surface area contributed by atoms with Gasteiger partial charge in [-0.25, -0.2) is 4.79 Å². The maximum atomic E-state index is 11.6. The average Bonchev–Trinajstić information content (AvgIpc) is 3.07. The van der Waals surface area contributed by atoms with Gasteiger partial charge in [-0.05, 0) is 24.5 Å². The summed E-state index contributed by atoms with van der Waals surface area (Å²) in [5, 5.41) is 6.37. The summed E-state index contributed by atoms with van der Waals surface area (Å²) in [5.74, 6) is 0. The van der Waals surface area contributed by atoms with Crippen LogP contribution < -0.4 is 16.4 Å². The van der Waals surface area contributed by atoms with Crippen molar-refractivity contribution in [2.45, 2.75) is 18.4 Å². The SMILES string of the molecule is NCCNC(=O)NC1(c2ccccc2Cl)CC1. The van der Waals surface area contributed by atoms with Crippen LogP contribution in [0.1, 0.15) is 18.4 Å². The molecule has 92 valence electrons. The molecule has 1 fully saturated rings. The van der Waals surface area contributed by atoms with Gasteiger partial charge in [0.2, 0.25) is 0 Å². The summed E-state index contributed by atoms with van der Waals surface area (Å²) in [6.45, 7) is 0.914. The molecule has 1 saturated carbocycles. The van der Waals surface area contributed by atoms with Gasteiger partial charge in [0.25, 0.3) is 0 Å². The Hall–Kier alpha value is -1.26. The zero-order valence-corrected chi connectivity index (χ0v) is 10.3. The Morgan fingerprint density at radius 3 is 2.71 bits per heavy atom. The van der Waals surface area contributed by atoms with E-state index >= 15 is 0 Å². The molecule has 0 saturated heterocycles. The quantitative estimate of drug-likeness (QED) is 0.763. The topological polar surface area (TPSA) is 67.1 Å². The highest BCUT2D eigenvalue weighted by Crippen LogP contribution is 2.47. The number of carbonyl (C=O) groups excluding carboxylic acids is 1. The molecule has 1 aromatic carbocycles. The van der Waals surface area contributed by atoms with Crippen LogP contribution in [0, 0.1) is 0 Å². The van der Waals surface area contributed by atoms with E-state index < -0.39 is 0 Å². The van der Waals surface area contributed by atoms with Crippen LogP contribution in [0.25, 0.3) is 0 Å². The van der Waals surface area contributed by atoms with Gasteiger partial charge in [0.15, 0.2) is 0 Å². The van der Waals surface area contributed by atoms with Gasteiger partial charge >= 0.3 is 6.03 Å². The molecule has 0 radical (unpaired) electrons. The lowest BCUT2D eigenvalue weighted by Crippen LogP contribution is -2.43. The highest BCUT2D eigenvalue weighted by molar-refractivity contribution is 6.31. The molecule has 0 bridgehead atoms. The van der Waals surface area contributed by atoms with Crippen LogP contribution >= 0.6 is 11.6 Å². The monoisotopic (exact) mass is 253 g/mol. The first-order chi connectivity index (χ1) is 8.18. The fraction of sp³-hybridized carbons (Fsp3) is 0.417. The molecular weight excluding hydrogens is 238 g/mol. The summed E-state index contributed by atoms with van der Waals surface area (Å²) in [4.78, 5) is 11.6. The summed E-state index contributed by atoms with van der Waals surface area (Å²) in [7, 11) is 0. The molecule has 1 aromatic rings. The van der Waals surface area contributed by atoms with Crippen molar-refractivity contribution >= 4 is 17.6 Å². The number of carbonyl (C=O) groups is 1. The van der Waals surface area contributed by atoms with Crippen LogP contribution in [0.3, 0.4) is 0 Å². The van der Waals surface area contributed by atoms with Crippen molar-refractivity contribution in [3.05, 3.63) is 34.9 Å².